The lowest BCUT2D eigenvalue weighted by molar-refractivity contribution is -0.0467. The zero-order chi connectivity index (χ0) is 23.6. The van der Waals surface area contributed by atoms with Crippen molar-refractivity contribution in [2.24, 2.45) is 5.92 Å². The Morgan fingerprint density at radius 3 is 2.48 bits per heavy atom. The first-order chi connectivity index (χ1) is 15.8. The number of alkyl halides is 2. The Morgan fingerprint density at radius 1 is 1.15 bits per heavy atom. The molecule has 4 rings (SSSR count). The van der Waals surface area contributed by atoms with Crippen molar-refractivity contribution < 1.29 is 8.78 Å². The van der Waals surface area contributed by atoms with Gasteiger partial charge >= 0.3 is 0 Å². The first-order valence-electron chi connectivity index (χ1n) is 11.9. The van der Waals surface area contributed by atoms with E-state index < -0.39 is 5.92 Å². The summed E-state index contributed by atoms with van der Waals surface area (Å²) < 4.78 is 27.4. The third-order valence-corrected chi connectivity index (χ3v) is 6.92. The largest absolute Gasteiger partial charge is 0.255 e. The van der Waals surface area contributed by atoms with Gasteiger partial charge in [0, 0.05) is 36.1 Å². The van der Waals surface area contributed by atoms with Crippen LogP contribution in [-0.2, 0) is 0 Å². The lowest BCUT2D eigenvalue weighted by Crippen LogP contribution is -2.25. The minimum atomic E-state index is -2.49. The Bertz CT molecular complexity index is 1110. The molecule has 1 aromatic heterocycles. The van der Waals surface area contributed by atoms with Crippen LogP contribution >= 0.6 is 0 Å². The molecule has 2 aromatic rings. The van der Waals surface area contributed by atoms with Crippen LogP contribution < -0.4 is 0 Å². The summed E-state index contributed by atoms with van der Waals surface area (Å²) in [4.78, 5) is 4.92. The third-order valence-electron chi connectivity index (χ3n) is 6.92. The van der Waals surface area contributed by atoms with Crippen molar-refractivity contribution in [3.05, 3.63) is 101 Å². The Morgan fingerprint density at radius 2 is 1.85 bits per heavy atom. The van der Waals surface area contributed by atoms with Crippen molar-refractivity contribution in [2.45, 2.75) is 64.7 Å². The first-order valence-corrected chi connectivity index (χ1v) is 11.9. The summed E-state index contributed by atoms with van der Waals surface area (Å²) in [6.07, 6.45) is 12.6. The predicted molar refractivity (Wildman–Crippen MR) is 134 cm³/mol. The van der Waals surface area contributed by atoms with E-state index in [1.165, 1.54) is 11.1 Å². The van der Waals surface area contributed by atoms with Gasteiger partial charge in [-0.05, 0) is 68.7 Å². The van der Waals surface area contributed by atoms with E-state index >= 15 is 0 Å². The molecule has 0 spiro atoms. The number of fused-ring (bicyclic) bond motifs is 1. The maximum Gasteiger partial charge on any atom is 0.248 e. The minimum absolute atomic E-state index is 0.0124. The molecule has 2 aliphatic carbocycles. The summed E-state index contributed by atoms with van der Waals surface area (Å²) >= 11 is 0. The second kappa shape index (κ2) is 9.59. The van der Waals surface area contributed by atoms with Crippen molar-refractivity contribution in [2.75, 3.05) is 0 Å². The highest BCUT2D eigenvalue weighted by Crippen LogP contribution is 2.46. The number of rotatable bonds is 6. The molecular formula is C30H33F2N. The lowest BCUT2D eigenvalue weighted by Gasteiger charge is -2.29. The van der Waals surface area contributed by atoms with E-state index in [-0.39, 0.29) is 18.8 Å². The smallest absolute Gasteiger partial charge is 0.248 e. The SMILES string of the molecule is C=C(C)/C=C\C(=C/C)c1cnc2c(c1)C(CC1CCC(F)(F)CC1)C=C2c1ccc(C)cc1. The number of aromatic nitrogens is 1. The van der Waals surface area contributed by atoms with Gasteiger partial charge in [-0.3, -0.25) is 4.98 Å². The fraction of sp³-hybridized carbons (Fsp3) is 0.367. The van der Waals surface area contributed by atoms with Crippen molar-refractivity contribution >= 4 is 11.1 Å². The highest BCUT2D eigenvalue weighted by Gasteiger charge is 2.36. The fourth-order valence-electron chi connectivity index (χ4n) is 4.96. The summed E-state index contributed by atoms with van der Waals surface area (Å²) in [5, 5.41) is 0. The number of benzene rings is 1. The molecule has 1 aromatic carbocycles. The Balaban J connectivity index is 1.68. The zero-order valence-corrected chi connectivity index (χ0v) is 19.9. The maximum absolute atomic E-state index is 13.7. The molecule has 33 heavy (non-hydrogen) atoms. The number of aryl methyl sites for hydroxylation is 1. The molecule has 1 nitrogen and oxygen atoms in total. The Hall–Kier alpha value is -2.81. The summed E-state index contributed by atoms with van der Waals surface area (Å²) in [6, 6.07) is 10.8. The molecule has 0 amide bonds. The van der Waals surface area contributed by atoms with Crippen LogP contribution in [0.1, 0.15) is 79.8 Å². The topological polar surface area (TPSA) is 12.9 Å². The molecule has 1 saturated carbocycles. The number of pyridine rings is 1. The molecule has 3 heteroatoms. The van der Waals surface area contributed by atoms with Crippen LogP contribution in [-0.4, -0.2) is 10.9 Å². The maximum atomic E-state index is 13.7. The van der Waals surface area contributed by atoms with Crippen LogP contribution in [0.15, 0.2) is 73.0 Å². The van der Waals surface area contributed by atoms with Crippen LogP contribution in [0.2, 0.25) is 0 Å². The third kappa shape index (κ3) is 5.40. The van der Waals surface area contributed by atoms with Gasteiger partial charge in [0.05, 0.1) is 5.69 Å². The highest BCUT2D eigenvalue weighted by molar-refractivity contribution is 5.85. The van der Waals surface area contributed by atoms with Gasteiger partial charge in [-0.1, -0.05) is 66.3 Å². The van der Waals surface area contributed by atoms with Crippen LogP contribution in [0.5, 0.6) is 0 Å². The minimum Gasteiger partial charge on any atom is -0.255 e. The Labute approximate surface area is 196 Å². The quantitative estimate of drug-likeness (QED) is 0.405. The van der Waals surface area contributed by atoms with E-state index in [9.17, 15) is 8.78 Å². The molecule has 2 aliphatic rings. The van der Waals surface area contributed by atoms with Gasteiger partial charge in [0.1, 0.15) is 0 Å². The van der Waals surface area contributed by atoms with E-state index in [1.807, 2.05) is 26.1 Å². The average molecular weight is 446 g/mol. The van der Waals surface area contributed by atoms with Crippen LogP contribution in [0, 0.1) is 12.8 Å². The molecule has 1 atom stereocenters. The molecule has 1 heterocycles. The van der Waals surface area contributed by atoms with Crippen LogP contribution in [0.4, 0.5) is 8.78 Å². The molecular weight excluding hydrogens is 412 g/mol. The summed E-state index contributed by atoms with van der Waals surface area (Å²) in [5.41, 5.74) is 8.95. The monoisotopic (exact) mass is 445 g/mol. The van der Waals surface area contributed by atoms with Gasteiger partial charge in [-0.25, -0.2) is 8.78 Å². The molecule has 1 fully saturated rings. The van der Waals surface area contributed by atoms with E-state index in [0.29, 0.717) is 18.8 Å². The fourth-order valence-corrected chi connectivity index (χ4v) is 4.96. The standard InChI is InChI=1S/C30H33F2N/c1-5-23(9-6-20(2)3)26-18-28-25(16-22-12-14-30(31,32)15-13-22)17-27(29(28)33-19-26)24-10-7-21(4)8-11-24/h5-11,17-19,22,25H,2,12-16H2,1,3-4H3/b9-6-,23-5+. The molecule has 0 radical (unpaired) electrons. The van der Waals surface area contributed by atoms with Crippen molar-refractivity contribution in [3.63, 3.8) is 0 Å². The van der Waals surface area contributed by atoms with E-state index in [0.717, 1.165) is 40.0 Å². The summed E-state index contributed by atoms with van der Waals surface area (Å²) in [6.45, 7) is 10.1. The second-order valence-corrected chi connectivity index (χ2v) is 9.67. The molecule has 172 valence electrons. The molecule has 0 N–H and O–H groups in total. The predicted octanol–water partition coefficient (Wildman–Crippen LogP) is 8.67. The van der Waals surface area contributed by atoms with Gasteiger partial charge < -0.3 is 0 Å². The van der Waals surface area contributed by atoms with E-state index in [1.54, 1.807) is 0 Å². The number of hydrogen-bond donors (Lipinski definition) is 0. The van der Waals surface area contributed by atoms with Crippen molar-refractivity contribution in [1.29, 1.82) is 0 Å². The lowest BCUT2D eigenvalue weighted by atomic mass is 9.80. The van der Waals surface area contributed by atoms with Crippen LogP contribution in [0.3, 0.4) is 0 Å². The van der Waals surface area contributed by atoms with E-state index in [4.69, 9.17) is 4.98 Å². The second-order valence-electron chi connectivity index (χ2n) is 9.67. The Kier molecular flexibility index (Phi) is 6.78. The number of nitrogens with zero attached hydrogens (tertiary/aromatic N) is 1. The average Bonchev–Trinajstić information content (AvgIpc) is 3.14. The normalized spacial score (nSPS) is 20.7. The van der Waals surface area contributed by atoms with Gasteiger partial charge in [-0.15, -0.1) is 0 Å². The molecule has 0 saturated heterocycles. The van der Waals surface area contributed by atoms with Gasteiger partial charge in [0.15, 0.2) is 0 Å². The van der Waals surface area contributed by atoms with Gasteiger partial charge in [0.25, 0.3) is 0 Å². The molecule has 1 unspecified atom stereocenters. The number of hydrogen-bond acceptors (Lipinski definition) is 1. The molecule has 0 bridgehead atoms. The number of allylic oxidation sites excluding steroid dienone is 6. The van der Waals surface area contributed by atoms with Crippen molar-refractivity contribution in [1.82, 2.24) is 4.98 Å². The van der Waals surface area contributed by atoms with E-state index in [2.05, 4.69) is 62.1 Å². The number of halogens is 2. The van der Waals surface area contributed by atoms with Gasteiger partial charge in [-0.2, -0.15) is 0 Å². The molecule has 0 aliphatic heterocycles. The summed E-state index contributed by atoms with van der Waals surface area (Å²) in [5.74, 6) is -1.97. The summed E-state index contributed by atoms with van der Waals surface area (Å²) in [7, 11) is 0. The van der Waals surface area contributed by atoms with Crippen molar-refractivity contribution in [3.8, 4) is 0 Å². The van der Waals surface area contributed by atoms with Gasteiger partial charge in [0.2, 0.25) is 5.92 Å². The van der Waals surface area contributed by atoms with Crippen LogP contribution in [0.25, 0.3) is 11.1 Å². The first kappa shape index (κ1) is 23.4. The highest BCUT2D eigenvalue weighted by atomic mass is 19.3. The zero-order valence-electron chi connectivity index (χ0n) is 19.9.